The van der Waals surface area contributed by atoms with Gasteiger partial charge in [0.25, 0.3) is 5.91 Å². The number of hydrogen-bond donors (Lipinski definition) is 1. The van der Waals surface area contributed by atoms with Gasteiger partial charge in [0.15, 0.2) is 0 Å². The predicted molar refractivity (Wildman–Crippen MR) is 76.2 cm³/mol. The highest BCUT2D eigenvalue weighted by atomic mass is 35.5. The summed E-state index contributed by atoms with van der Waals surface area (Å²) in [6.07, 6.45) is 3.96. The molecule has 0 spiro atoms. The van der Waals surface area contributed by atoms with E-state index in [1.807, 2.05) is 6.92 Å². The first kappa shape index (κ1) is 13.4. The average molecular weight is 294 g/mol. The molecule has 1 amide bonds. The van der Waals surface area contributed by atoms with Crippen molar-refractivity contribution in [3.8, 4) is 0 Å². The summed E-state index contributed by atoms with van der Waals surface area (Å²) in [5.74, 6) is -0.132. The fourth-order valence-corrected chi connectivity index (χ4v) is 2.66. The van der Waals surface area contributed by atoms with E-state index in [2.05, 4.69) is 10.3 Å². The molecule has 2 aromatic rings. The van der Waals surface area contributed by atoms with Gasteiger partial charge in [-0.25, -0.2) is 4.98 Å². The molecule has 1 aliphatic heterocycles. The Kier molecular flexibility index (Phi) is 3.63. The van der Waals surface area contributed by atoms with Gasteiger partial charge in [-0.05, 0) is 25.8 Å². The van der Waals surface area contributed by atoms with Crippen LogP contribution in [0.3, 0.4) is 0 Å². The Hall–Kier alpha value is -1.59. The first-order valence-electron chi connectivity index (χ1n) is 6.69. The summed E-state index contributed by atoms with van der Waals surface area (Å²) in [6.45, 7) is 3.15. The lowest BCUT2D eigenvalue weighted by Crippen LogP contribution is -2.32. The van der Waals surface area contributed by atoms with Crippen molar-refractivity contribution in [2.24, 2.45) is 0 Å². The Morgan fingerprint density at radius 1 is 1.65 bits per heavy atom. The summed E-state index contributed by atoms with van der Waals surface area (Å²) in [5.41, 5.74) is 1.92. The van der Waals surface area contributed by atoms with Crippen molar-refractivity contribution in [1.29, 1.82) is 0 Å². The maximum Gasteiger partial charge on any atom is 0.270 e. The Labute approximate surface area is 121 Å². The van der Waals surface area contributed by atoms with E-state index >= 15 is 0 Å². The van der Waals surface area contributed by atoms with Crippen molar-refractivity contribution in [1.82, 2.24) is 14.7 Å². The first-order valence-corrected chi connectivity index (χ1v) is 7.07. The molecule has 0 radical (unpaired) electrons. The van der Waals surface area contributed by atoms with E-state index in [9.17, 15) is 4.79 Å². The quantitative estimate of drug-likeness (QED) is 0.944. The third-order valence-corrected chi connectivity index (χ3v) is 3.73. The van der Waals surface area contributed by atoms with Crippen LogP contribution in [-0.4, -0.2) is 34.5 Å². The second-order valence-corrected chi connectivity index (χ2v) is 5.40. The van der Waals surface area contributed by atoms with Crippen LogP contribution in [0.25, 0.3) is 5.65 Å². The molecule has 1 fully saturated rings. The van der Waals surface area contributed by atoms with Crippen LogP contribution >= 0.6 is 11.6 Å². The van der Waals surface area contributed by atoms with E-state index in [1.165, 1.54) is 0 Å². The normalized spacial score (nSPS) is 18.6. The number of carbonyl (C=O) groups excluding carboxylic acids is 1. The highest BCUT2D eigenvalue weighted by molar-refractivity contribution is 6.30. The molecule has 106 valence electrons. The SMILES string of the molecule is Cc1nc2cc(Cl)ccn2c1C(=O)NCC1CCCO1. The summed E-state index contributed by atoms with van der Waals surface area (Å²) in [4.78, 5) is 16.7. The zero-order valence-corrected chi connectivity index (χ0v) is 12.0. The Bertz CT molecular complexity index is 647. The largest absolute Gasteiger partial charge is 0.376 e. The maximum absolute atomic E-state index is 12.3. The van der Waals surface area contributed by atoms with Crippen LogP contribution in [0.15, 0.2) is 18.3 Å². The number of pyridine rings is 1. The van der Waals surface area contributed by atoms with Crippen LogP contribution in [-0.2, 0) is 4.74 Å². The number of ether oxygens (including phenoxy) is 1. The summed E-state index contributed by atoms with van der Waals surface area (Å²) in [5, 5.41) is 3.52. The molecule has 1 aliphatic rings. The van der Waals surface area contributed by atoms with Crippen LogP contribution in [0, 0.1) is 6.92 Å². The highest BCUT2D eigenvalue weighted by Gasteiger charge is 2.20. The van der Waals surface area contributed by atoms with E-state index in [-0.39, 0.29) is 12.0 Å². The third-order valence-electron chi connectivity index (χ3n) is 3.49. The summed E-state index contributed by atoms with van der Waals surface area (Å²) < 4.78 is 7.26. The van der Waals surface area contributed by atoms with Gasteiger partial charge in [-0.15, -0.1) is 0 Å². The molecule has 1 saturated heterocycles. The Morgan fingerprint density at radius 2 is 2.50 bits per heavy atom. The number of hydrogen-bond acceptors (Lipinski definition) is 3. The molecule has 0 bridgehead atoms. The predicted octanol–water partition coefficient (Wildman–Crippen LogP) is 2.20. The lowest BCUT2D eigenvalue weighted by molar-refractivity contribution is 0.0852. The van der Waals surface area contributed by atoms with Crippen LogP contribution in [0.1, 0.15) is 29.0 Å². The van der Waals surface area contributed by atoms with Crippen LogP contribution in [0.4, 0.5) is 0 Å². The van der Waals surface area contributed by atoms with E-state index < -0.39 is 0 Å². The molecule has 0 aromatic carbocycles. The monoisotopic (exact) mass is 293 g/mol. The fourth-order valence-electron chi connectivity index (χ4n) is 2.51. The van der Waals surface area contributed by atoms with Gasteiger partial charge in [-0.3, -0.25) is 9.20 Å². The second kappa shape index (κ2) is 5.42. The number of imidazole rings is 1. The minimum Gasteiger partial charge on any atom is -0.376 e. The van der Waals surface area contributed by atoms with Crippen molar-refractivity contribution in [2.45, 2.75) is 25.9 Å². The van der Waals surface area contributed by atoms with E-state index in [0.29, 0.717) is 28.6 Å². The van der Waals surface area contributed by atoms with Crippen molar-refractivity contribution in [3.05, 3.63) is 34.7 Å². The fraction of sp³-hybridized carbons (Fsp3) is 0.429. The molecule has 3 rings (SSSR count). The zero-order chi connectivity index (χ0) is 14.1. The number of nitrogens with one attached hydrogen (secondary N) is 1. The number of aromatic nitrogens is 2. The Balaban J connectivity index is 1.81. The molecule has 0 saturated carbocycles. The van der Waals surface area contributed by atoms with Gasteiger partial charge in [-0.1, -0.05) is 11.6 Å². The second-order valence-electron chi connectivity index (χ2n) is 4.96. The van der Waals surface area contributed by atoms with Crippen LogP contribution in [0.2, 0.25) is 5.02 Å². The van der Waals surface area contributed by atoms with Gasteiger partial charge in [0.05, 0.1) is 11.8 Å². The molecule has 1 N–H and O–H groups in total. The molecular weight excluding hydrogens is 278 g/mol. The molecule has 1 unspecified atom stereocenters. The molecule has 1 atom stereocenters. The van der Waals surface area contributed by atoms with Gasteiger partial charge in [0.2, 0.25) is 0 Å². The molecule has 20 heavy (non-hydrogen) atoms. The van der Waals surface area contributed by atoms with Gasteiger partial charge in [0.1, 0.15) is 11.3 Å². The minimum atomic E-state index is -0.132. The maximum atomic E-state index is 12.3. The number of halogens is 1. The number of carbonyl (C=O) groups is 1. The van der Waals surface area contributed by atoms with E-state index in [1.54, 1.807) is 22.7 Å². The minimum absolute atomic E-state index is 0.132. The highest BCUT2D eigenvalue weighted by Crippen LogP contribution is 2.17. The number of rotatable bonds is 3. The van der Waals surface area contributed by atoms with Crippen molar-refractivity contribution in [2.75, 3.05) is 13.2 Å². The number of amides is 1. The first-order chi connectivity index (χ1) is 9.65. The smallest absolute Gasteiger partial charge is 0.270 e. The average Bonchev–Trinajstić information content (AvgIpc) is 3.02. The van der Waals surface area contributed by atoms with E-state index in [0.717, 1.165) is 19.4 Å². The van der Waals surface area contributed by atoms with Gasteiger partial charge in [-0.2, -0.15) is 0 Å². The molecule has 5 nitrogen and oxygen atoms in total. The number of aryl methyl sites for hydroxylation is 1. The summed E-state index contributed by atoms with van der Waals surface area (Å²) in [7, 11) is 0. The Morgan fingerprint density at radius 3 is 3.25 bits per heavy atom. The standard InChI is InChI=1S/C14H16ClN3O2/c1-9-13(14(19)16-8-11-3-2-6-20-11)18-5-4-10(15)7-12(18)17-9/h4-5,7,11H,2-3,6,8H2,1H3,(H,16,19). The van der Waals surface area contributed by atoms with Gasteiger partial charge < -0.3 is 10.1 Å². The lowest BCUT2D eigenvalue weighted by atomic mass is 10.2. The van der Waals surface area contributed by atoms with Crippen molar-refractivity contribution in [3.63, 3.8) is 0 Å². The summed E-state index contributed by atoms with van der Waals surface area (Å²) in [6, 6.07) is 3.48. The third kappa shape index (κ3) is 2.51. The molecular formula is C14H16ClN3O2. The number of nitrogens with zero attached hydrogens (tertiary/aromatic N) is 2. The number of fused-ring (bicyclic) bond motifs is 1. The van der Waals surface area contributed by atoms with Gasteiger partial charge in [0, 0.05) is 30.4 Å². The van der Waals surface area contributed by atoms with Gasteiger partial charge >= 0.3 is 0 Å². The zero-order valence-electron chi connectivity index (χ0n) is 11.2. The molecule has 0 aliphatic carbocycles. The molecule has 2 aromatic heterocycles. The lowest BCUT2D eigenvalue weighted by Gasteiger charge is -2.11. The summed E-state index contributed by atoms with van der Waals surface area (Å²) >= 11 is 5.94. The van der Waals surface area contributed by atoms with Crippen molar-refractivity contribution >= 4 is 23.2 Å². The topological polar surface area (TPSA) is 55.6 Å². The van der Waals surface area contributed by atoms with Crippen LogP contribution < -0.4 is 5.32 Å². The van der Waals surface area contributed by atoms with E-state index in [4.69, 9.17) is 16.3 Å². The van der Waals surface area contributed by atoms with Crippen LogP contribution in [0.5, 0.6) is 0 Å². The van der Waals surface area contributed by atoms with Crippen molar-refractivity contribution < 1.29 is 9.53 Å². The molecule has 6 heteroatoms. The molecule has 3 heterocycles.